The van der Waals surface area contributed by atoms with E-state index in [0.717, 1.165) is 30.6 Å². The lowest BCUT2D eigenvalue weighted by atomic mass is 9.97. The van der Waals surface area contributed by atoms with Crippen LogP contribution in [0, 0.1) is 0 Å². The SMILES string of the molecule is CCc1c([C@H]2CCC[C@@H]2N)sc2c(NCc3cccs3)cc(Cl)nc12. The summed E-state index contributed by atoms with van der Waals surface area (Å²) >= 11 is 9.97. The van der Waals surface area contributed by atoms with Crippen molar-refractivity contribution < 1.29 is 0 Å². The summed E-state index contributed by atoms with van der Waals surface area (Å²) in [6.07, 6.45) is 4.50. The molecular formula is C19H22ClN3S2. The van der Waals surface area contributed by atoms with Gasteiger partial charge >= 0.3 is 0 Å². The first kappa shape index (κ1) is 17.3. The summed E-state index contributed by atoms with van der Waals surface area (Å²) in [5.41, 5.74) is 9.87. The zero-order chi connectivity index (χ0) is 17.4. The van der Waals surface area contributed by atoms with Gasteiger partial charge < -0.3 is 11.1 Å². The van der Waals surface area contributed by atoms with Crippen LogP contribution >= 0.6 is 34.3 Å². The third-order valence-electron chi connectivity index (χ3n) is 5.03. The molecule has 0 aliphatic heterocycles. The first-order chi connectivity index (χ1) is 12.2. The number of nitrogens with two attached hydrogens (primary N) is 1. The van der Waals surface area contributed by atoms with Crippen LogP contribution in [0.15, 0.2) is 23.6 Å². The van der Waals surface area contributed by atoms with Crippen molar-refractivity contribution in [2.45, 2.75) is 51.1 Å². The van der Waals surface area contributed by atoms with E-state index in [4.69, 9.17) is 17.3 Å². The summed E-state index contributed by atoms with van der Waals surface area (Å²) in [7, 11) is 0. The van der Waals surface area contributed by atoms with Crippen LogP contribution in [0.5, 0.6) is 0 Å². The van der Waals surface area contributed by atoms with Crippen molar-refractivity contribution in [3.63, 3.8) is 0 Å². The maximum Gasteiger partial charge on any atom is 0.131 e. The molecule has 0 amide bonds. The van der Waals surface area contributed by atoms with Gasteiger partial charge in [-0.25, -0.2) is 4.98 Å². The lowest BCUT2D eigenvalue weighted by Gasteiger charge is -2.15. The molecule has 3 heterocycles. The fourth-order valence-electron chi connectivity index (χ4n) is 3.78. The number of nitrogens with one attached hydrogen (secondary N) is 1. The van der Waals surface area contributed by atoms with Crippen LogP contribution in [-0.4, -0.2) is 11.0 Å². The molecule has 1 aliphatic carbocycles. The highest BCUT2D eigenvalue weighted by Crippen LogP contribution is 2.45. The van der Waals surface area contributed by atoms with Gasteiger partial charge in [0.2, 0.25) is 0 Å². The molecule has 0 unspecified atom stereocenters. The van der Waals surface area contributed by atoms with Gasteiger partial charge in [0.15, 0.2) is 0 Å². The van der Waals surface area contributed by atoms with Gasteiger partial charge in [-0.05, 0) is 36.3 Å². The van der Waals surface area contributed by atoms with Crippen molar-refractivity contribution >= 4 is 50.2 Å². The molecule has 1 saturated carbocycles. The Morgan fingerprint density at radius 2 is 2.28 bits per heavy atom. The number of aromatic nitrogens is 1. The normalized spacial score (nSPS) is 20.4. The largest absolute Gasteiger partial charge is 0.379 e. The molecule has 0 aromatic carbocycles. The molecule has 3 aromatic rings. The standard InChI is InChI=1S/C19H22ClN3S2/c1-2-12-17-19(25-18(12)13-6-3-7-14(13)21)15(9-16(20)23-17)22-10-11-5-4-8-24-11/h4-5,8-9,13-14H,2-3,6-7,10,21H2,1H3,(H,22,23)/t13-,14-/m0/s1. The number of nitrogens with zero attached hydrogens (tertiary/aromatic N) is 1. The Morgan fingerprint density at radius 1 is 1.40 bits per heavy atom. The number of thiophene rings is 2. The lowest BCUT2D eigenvalue weighted by molar-refractivity contribution is 0.618. The third-order valence-corrected chi connectivity index (χ3v) is 7.49. The Morgan fingerprint density at radius 3 is 2.96 bits per heavy atom. The Kier molecular flexibility index (Phi) is 5.00. The molecule has 0 saturated heterocycles. The maximum absolute atomic E-state index is 6.39. The molecule has 132 valence electrons. The Bertz CT molecular complexity index is 873. The molecule has 2 atom stereocenters. The van der Waals surface area contributed by atoms with Crippen molar-refractivity contribution in [1.82, 2.24) is 4.98 Å². The zero-order valence-electron chi connectivity index (χ0n) is 14.2. The van der Waals surface area contributed by atoms with E-state index in [9.17, 15) is 0 Å². The van der Waals surface area contributed by atoms with Crippen LogP contribution in [0.2, 0.25) is 5.15 Å². The van der Waals surface area contributed by atoms with Crippen molar-refractivity contribution in [1.29, 1.82) is 0 Å². The first-order valence-electron chi connectivity index (χ1n) is 8.81. The number of hydrogen-bond donors (Lipinski definition) is 2. The third kappa shape index (κ3) is 3.31. The van der Waals surface area contributed by atoms with E-state index < -0.39 is 0 Å². The highest BCUT2D eigenvalue weighted by Gasteiger charge is 2.30. The predicted molar refractivity (Wildman–Crippen MR) is 110 cm³/mol. The number of aryl methyl sites for hydroxylation is 1. The zero-order valence-corrected chi connectivity index (χ0v) is 16.6. The summed E-state index contributed by atoms with van der Waals surface area (Å²) in [5.74, 6) is 0.470. The summed E-state index contributed by atoms with van der Waals surface area (Å²) in [5, 5.41) is 6.22. The van der Waals surface area contributed by atoms with Crippen LogP contribution in [0.1, 0.15) is 47.4 Å². The second-order valence-corrected chi connectivity index (χ2v) is 9.07. The molecule has 1 fully saturated rings. The van der Waals surface area contributed by atoms with Gasteiger partial charge in [0.1, 0.15) is 5.15 Å². The molecular weight excluding hydrogens is 370 g/mol. The van der Waals surface area contributed by atoms with Crippen LogP contribution in [0.25, 0.3) is 10.2 Å². The van der Waals surface area contributed by atoms with Gasteiger partial charge in [0, 0.05) is 34.3 Å². The monoisotopic (exact) mass is 391 g/mol. The van der Waals surface area contributed by atoms with E-state index in [1.807, 2.05) is 17.4 Å². The van der Waals surface area contributed by atoms with Crippen molar-refractivity contribution in [2.75, 3.05) is 5.32 Å². The van der Waals surface area contributed by atoms with E-state index >= 15 is 0 Å². The van der Waals surface area contributed by atoms with Gasteiger partial charge in [0.05, 0.1) is 15.9 Å². The predicted octanol–water partition coefficient (Wildman–Crippen LogP) is 5.78. The second kappa shape index (κ2) is 7.23. The highest BCUT2D eigenvalue weighted by molar-refractivity contribution is 7.20. The first-order valence-corrected chi connectivity index (χ1v) is 10.9. The highest BCUT2D eigenvalue weighted by atomic mass is 35.5. The molecule has 3 N–H and O–H groups in total. The number of pyridine rings is 1. The Balaban J connectivity index is 1.76. The minimum absolute atomic E-state index is 0.274. The van der Waals surface area contributed by atoms with Crippen molar-refractivity contribution in [3.8, 4) is 0 Å². The molecule has 3 aromatic heterocycles. The van der Waals surface area contributed by atoms with Gasteiger partial charge in [-0.1, -0.05) is 31.0 Å². The Hall–Kier alpha value is -1.14. The maximum atomic E-state index is 6.39. The average Bonchev–Trinajstić information content (AvgIpc) is 3.31. The van der Waals surface area contributed by atoms with Crippen molar-refractivity contribution in [2.24, 2.45) is 5.73 Å². The minimum Gasteiger partial charge on any atom is -0.379 e. The molecule has 0 bridgehead atoms. The second-order valence-electron chi connectivity index (χ2n) is 6.60. The number of rotatable bonds is 5. The molecule has 4 rings (SSSR count). The smallest absolute Gasteiger partial charge is 0.131 e. The summed E-state index contributed by atoms with van der Waals surface area (Å²) in [4.78, 5) is 7.41. The molecule has 6 heteroatoms. The molecule has 0 spiro atoms. The van der Waals surface area contributed by atoms with Crippen LogP contribution in [0.3, 0.4) is 0 Å². The molecule has 3 nitrogen and oxygen atoms in total. The van der Waals surface area contributed by atoms with Gasteiger partial charge in [0.25, 0.3) is 0 Å². The number of anilines is 1. The van der Waals surface area contributed by atoms with Crippen LogP contribution in [-0.2, 0) is 13.0 Å². The average molecular weight is 392 g/mol. The quantitative estimate of drug-likeness (QED) is 0.542. The fraction of sp³-hybridized carbons (Fsp3) is 0.421. The number of halogens is 1. The lowest BCUT2D eigenvalue weighted by Crippen LogP contribution is -2.22. The molecule has 25 heavy (non-hydrogen) atoms. The van der Waals surface area contributed by atoms with E-state index in [1.54, 1.807) is 11.3 Å². The van der Waals surface area contributed by atoms with E-state index in [0.29, 0.717) is 11.1 Å². The topological polar surface area (TPSA) is 50.9 Å². The summed E-state index contributed by atoms with van der Waals surface area (Å²) in [6.45, 7) is 3.01. The van der Waals surface area contributed by atoms with Gasteiger partial charge in [-0.15, -0.1) is 22.7 Å². The molecule has 0 radical (unpaired) electrons. The fourth-order valence-corrected chi connectivity index (χ4v) is 6.15. The van der Waals surface area contributed by atoms with E-state index in [2.05, 4.69) is 34.7 Å². The van der Waals surface area contributed by atoms with E-state index in [1.165, 1.54) is 32.9 Å². The van der Waals surface area contributed by atoms with Crippen LogP contribution < -0.4 is 11.1 Å². The van der Waals surface area contributed by atoms with Crippen molar-refractivity contribution in [3.05, 3.63) is 44.1 Å². The van der Waals surface area contributed by atoms with Gasteiger partial charge in [-0.2, -0.15) is 0 Å². The van der Waals surface area contributed by atoms with Gasteiger partial charge in [-0.3, -0.25) is 0 Å². The minimum atomic E-state index is 0.274. The summed E-state index contributed by atoms with van der Waals surface area (Å²) < 4.78 is 1.21. The summed E-state index contributed by atoms with van der Waals surface area (Å²) in [6, 6.07) is 6.45. The van der Waals surface area contributed by atoms with Crippen LogP contribution in [0.4, 0.5) is 5.69 Å². The Labute approximate surface area is 161 Å². The number of hydrogen-bond acceptors (Lipinski definition) is 5. The molecule has 1 aliphatic rings. The number of fused-ring (bicyclic) bond motifs is 1. The van der Waals surface area contributed by atoms with E-state index in [-0.39, 0.29) is 6.04 Å².